The molecule has 0 unspecified atom stereocenters. The van der Waals surface area contributed by atoms with Crippen molar-refractivity contribution < 1.29 is 14.2 Å². The number of ether oxygens (including phenoxy) is 3. The normalized spacial score (nSPS) is 10.7. The maximum Gasteiger partial charge on any atom is 0.0700 e. The van der Waals surface area contributed by atoms with Gasteiger partial charge in [-0.2, -0.15) is 0 Å². The van der Waals surface area contributed by atoms with Crippen LogP contribution < -0.4 is 0 Å². The van der Waals surface area contributed by atoms with E-state index < -0.39 is 0 Å². The molecule has 0 aliphatic rings. The molecule has 0 bridgehead atoms. The van der Waals surface area contributed by atoms with Crippen LogP contribution >= 0.6 is 0 Å². The average molecular weight is 204 g/mol. The Bertz CT molecular complexity index is 84.5. The maximum absolute atomic E-state index is 5.36. The molecule has 0 fully saturated rings. The van der Waals surface area contributed by atoms with Gasteiger partial charge in [-0.05, 0) is 19.3 Å². The molecule has 14 heavy (non-hydrogen) atoms. The predicted molar refractivity (Wildman–Crippen MR) is 57.7 cm³/mol. The van der Waals surface area contributed by atoms with E-state index in [0.717, 1.165) is 45.7 Å². The summed E-state index contributed by atoms with van der Waals surface area (Å²) in [6.45, 7) is 8.91. The van der Waals surface area contributed by atoms with E-state index >= 15 is 0 Å². The molecule has 0 rings (SSSR count). The Morgan fingerprint density at radius 1 is 0.571 bits per heavy atom. The lowest BCUT2D eigenvalue weighted by Crippen LogP contribution is -2.07. The zero-order valence-electron chi connectivity index (χ0n) is 9.59. The Hall–Kier alpha value is -0.120. The van der Waals surface area contributed by atoms with Gasteiger partial charge in [-0.15, -0.1) is 0 Å². The lowest BCUT2D eigenvalue weighted by molar-refractivity contribution is 0.0359. The largest absolute Gasteiger partial charge is 0.381 e. The van der Waals surface area contributed by atoms with Gasteiger partial charge in [0.2, 0.25) is 0 Å². The van der Waals surface area contributed by atoms with Crippen molar-refractivity contribution in [3.8, 4) is 0 Å². The van der Waals surface area contributed by atoms with E-state index in [1.165, 1.54) is 0 Å². The summed E-state index contributed by atoms with van der Waals surface area (Å²) in [5.74, 6) is 0. The van der Waals surface area contributed by atoms with Crippen LogP contribution in [0.5, 0.6) is 0 Å². The number of hydrogen-bond donors (Lipinski definition) is 0. The fourth-order valence-corrected chi connectivity index (χ4v) is 0.976. The molecule has 0 aromatic heterocycles. The van der Waals surface area contributed by atoms with Crippen molar-refractivity contribution in [1.29, 1.82) is 0 Å². The van der Waals surface area contributed by atoms with Crippen LogP contribution in [-0.4, -0.2) is 39.6 Å². The molecule has 0 amide bonds. The van der Waals surface area contributed by atoms with E-state index in [-0.39, 0.29) is 0 Å². The topological polar surface area (TPSA) is 27.7 Å². The first kappa shape index (κ1) is 13.9. The minimum absolute atomic E-state index is 0.702. The summed E-state index contributed by atoms with van der Waals surface area (Å²) in [5.41, 5.74) is 0. The van der Waals surface area contributed by atoms with Gasteiger partial charge in [0, 0.05) is 26.4 Å². The second kappa shape index (κ2) is 12.9. The van der Waals surface area contributed by atoms with E-state index in [0.29, 0.717) is 13.2 Å². The molecule has 0 N–H and O–H groups in total. The van der Waals surface area contributed by atoms with Crippen molar-refractivity contribution in [2.75, 3.05) is 39.6 Å². The highest BCUT2D eigenvalue weighted by molar-refractivity contribution is 4.36. The molecule has 0 aliphatic heterocycles. The highest BCUT2D eigenvalue weighted by Gasteiger charge is 1.90. The second-order valence-electron chi connectivity index (χ2n) is 3.19. The standard InChI is InChI=1S/C11H24O3/c1-3-6-12-8-5-9-14-11-10-13-7-4-2/h3-11H2,1-2H3. The maximum atomic E-state index is 5.36. The first-order valence-corrected chi connectivity index (χ1v) is 5.65. The van der Waals surface area contributed by atoms with Crippen molar-refractivity contribution in [2.45, 2.75) is 33.1 Å². The molecule has 0 atom stereocenters. The monoisotopic (exact) mass is 204 g/mol. The summed E-state index contributed by atoms with van der Waals surface area (Å²) < 4.78 is 15.9. The van der Waals surface area contributed by atoms with Crippen LogP contribution in [0.2, 0.25) is 0 Å². The van der Waals surface area contributed by atoms with Gasteiger partial charge in [0.15, 0.2) is 0 Å². The van der Waals surface area contributed by atoms with Gasteiger partial charge >= 0.3 is 0 Å². The third-order valence-electron chi connectivity index (χ3n) is 1.65. The summed E-state index contributed by atoms with van der Waals surface area (Å²) in [7, 11) is 0. The molecule has 0 aromatic rings. The number of rotatable bonds is 11. The smallest absolute Gasteiger partial charge is 0.0700 e. The van der Waals surface area contributed by atoms with E-state index in [1.54, 1.807) is 0 Å². The van der Waals surface area contributed by atoms with Gasteiger partial charge in [0.05, 0.1) is 13.2 Å². The Morgan fingerprint density at radius 2 is 1.00 bits per heavy atom. The summed E-state index contributed by atoms with van der Waals surface area (Å²) in [6.07, 6.45) is 3.14. The fourth-order valence-electron chi connectivity index (χ4n) is 0.976. The second-order valence-corrected chi connectivity index (χ2v) is 3.19. The first-order chi connectivity index (χ1) is 6.91. The summed E-state index contributed by atoms with van der Waals surface area (Å²) in [4.78, 5) is 0. The lowest BCUT2D eigenvalue weighted by Gasteiger charge is -2.05. The molecule has 0 aromatic carbocycles. The van der Waals surface area contributed by atoms with Crippen LogP contribution in [-0.2, 0) is 14.2 Å². The van der Waals surface area contributed by atoms with Gasteiger partial charge in [0.25, 0.3) is 0 Å². The molecular weight excluding hydrogens is 180 g/mol. The predicted octanol–water partition coefficient (Wildman–Crippen LogP) is 2.25. The Balaban J connectivity index is 2.78. The van der Waals surface area contributed by atoms with Crippen LogP contribution in [0.25, 0.3) is 0 Å². The van der Waals surface area contributed by atoms with Crippen LogP contribution in [0.4, 0.5) is 0 Å². The van der Waals surface area contributed by atoms with Crippen molar-refractivity contribution in [3.63, 3.8) is 0 Å². The molecule has 0 saturated heterocycles. The molecule has 0 spiro atoms. The highest BCUT2D eigenvalue weighted by atomic mass is 16.5. The molecule has 0 radical (unpaired) electrons. The average Bonchev–Trinajstić information content (AvgIpc) is 2.21. The minimum atomic E-state index is 0.702. The van der Waals surface area contributed by atoms with Gasteiger partial charge in [-0.1, -0.05) is 13.8 Å². The van der Waals surface area contributed by atoms with Gasteiger partial charge < -0.3 is 14.2 Å². The highest BCUT2D eigenvalue weighted by Crippen LogP contribution is 1.88. The van der Waals surface area contributed by atoms with E-state index in [4.69, 9.17) is 14.2 Å². The van der Waals surface area contributed by atoms with Crippen LogP contribution in [0.1, 0.15) is 33.1 Å². The van der Waals surface area contributed by atoms with Gasteiger partial charge in [0.1, 0.15) is 0 Å². The third kappa shape index (κ3) is 11.9. The molecule has 3 nitrogen and oxygen atoms in total. The summed E-state index contributed by atoms with van der Waals surface area (Å²) in [5, 5.41) is 0. The summed E-state index contributed by atoms with van der Waals surface area (Å²) >= 11 is 0. The zero-order chi connectivity index (χ0) is 10.5. The van der Waals surface area contributed by atoms with Crippen molar-refractivity contribution in [2.24, 2.45) is 0 Å². The van der Waals surface area contributed by atoms with E-state index in [9.17, 15) is 0 Å². The molecule has 3 heteroatoms. The Morgan fingerprint density at radius 3 is 1.50 bits per heavy atom. The quantitative estimate of drug-likeness (QED) is 0.483. The fraction of sp³-hybridized carbons (Fsp3) is 1.00. The van der Waals surface area contributed by atoms with Crippen LogP contribution in [0.3, 0.4) is 0 Å². The van der Waals surface area contributed by atoms with Gasteiger partial charge in [-0.3, -0.25) is 0 Å². The SMILES string of the molecule is CCCOCCCOCCOCCC. The third-order valence-corrected chi connectivity index (χ3v) is 1.65. The van der Waals surface area contributed by atoms with Crippen molar-refractivity contribution in [3.05, 3.63) is 0 Å². The van der Waals surface area contributed by atoms with E-state index in [1.807, 2.05) is 0 Å². The zero-order valence-corrected chi connectivity index (χ0v) is 9.59. The Kier molecular flexibility index (Phi) is 12.8. The summed E-state index contributed by atoms with van der Waals surface area (Å²) in [6, 6.07) is 0. The minimum Gasteiger partial charge on any atom is -0.381 e. The molecule has 0 heterocycles. The van der Waals surface area contributed by atoms with Crippen molar-refractivity contribution >= 4 is 0 Å². The van der Waals surface area contributed by atoms with Crippen LogP contribution in [0, 0.1) is 0 Å². The van der Waals surface area contributed by atoms with E-state index in [2.05, 4.69) is 13.8 Å². The molecule has 0 saturated carbocycles. The van der Waals surface area contributed by atoms with Crippen LogP contribution in [0.15, 0.2) is 0 Å². The van der Waals surface area contributed by atoms with Crippen molar-refractivity contribution in [1.82, 2.24) is 0 Å². The molecule has 86 valence electrons. The Labute approximate surface area is 87.7 Å². The molecule has 0 aliphatic carbocycles. The first-order valence-electron chi connectivity index (χ1n) is 5.65. The molecular formula is C11H24O3. The lowest BCUT2D eigenvalue weighted by atomic mass is 10.5. The van der Waals surface area contributed by atoms with Gasteiger partial charge in [-0.25, -0.2) is 0 Å². The number of hydrogen-bond acceptors (Lipinski definition) is 3.